The predicted octanol–water partition coefficient (Wildman–Crippen LogP) is 2.74. The number of aromatic hydroxyl groups is 1. The molecule has 2 amide bonds. The van der Waals surface area contributed by atoms with Gasteiger partial charge in [-0.25, -0.2) is 0 Å². The Morgan fingerprint density at radius 3 is 2.00 bits per heavy atom. The Morgan fingerprint density at radius 1 is 0.900 bits per heavy atom. The first-order valence-electron chi connectivity index (χ1n) is 6.04. The average Bonchev–Trinajstić information content (AvgIpc) is 2.71. The molecule has 2 aromatic carbocycles. The normalized spacial score (nSPS) is 13.7. The summed E-state index contributed by atoms with van der Waals surface area (Å²) in [5.74, 6) is -0.0549. The summed E-state index contributed by atoms with van der Waals surface area (Å²) in [5.41, 5.74) is 0.924. The maximum atomic E-state index is 12.1. The van der Waals surface area contributed by atoms with Crippen LogP contribution in [0.4, 0.5) is 0 Å². The number of carbonyl (C=O) groups excluding carboxylic acids is 2. The van der Waals surface area contributed by atoms with Gasteiger partial charge in [0.05, 0.1) is 17.0 Å². The minimum atomic E-state index is -0.253. The summed E-state index contributed by atoms with van der Waals surface area (Å²) in [6.45, 7) is 0. The molecule has 20 heavy (non-hydrogen) atoms. The number of phenols is 1. The number of nitrogens with zero attached hydrogens (tertiary/aromatic N) is 1. The van der Waals surface area contributed by atoms with Crippen LogP contribution in [0, 0.1) is 0 Å². The van der Waals surface area contributed by atoms with Crippen LogP contribution in [0.5, 0.6) is 5.75 Å². The van der Waals surface area contributed by atoms with Gasteiger partial charge in [0.25, 0.3) is 11.8 Å². The molecule has 0 atom stereocenters. The van der Waals surface area contributed by atoms with Gasteiger partial charge in [-0.05, 0) is 36.4 Å². The Balaban J connectivity index is 1.75. The molecule has 2 aromatic rings. The Hall–Kier alpha value is -2.27. The molecule has 0 unspecified atom stereocenters. The summed E-state index contributed by atoms with van der Waals surface area (Å²) in [5, 5.41) is 9.21. The first-order valence-corrected chi connectivity index (χ1v) is 7.02. The highest BCUT2D eigenvalue weighted by Crippen LogP contribution is 2.27. The van der Waals surface area contributed by atoms with Crippen molar-refractivity contribution in [1.29, 1.82) is 0 Å². The quantitative estimate of drug-likeness (QED) is 0.696. The zero-order valence-electron chi connectivity index (χ0n) is 10.4. The largest absolute Gasteiger partial charge is 0.508 e. The van der Waals surface area contributed by atoms with Crippen molar-refractivity contribution in [3.8, 4) is 5.75 Å². The third kappa shape index (κ3) is 2.16. The van der Waals surface area contributed by atoms with E-state index in [0.29, 0.717) is 11.1 Å². The van der Waals surface area contributed by atoms with E-state index in [-0.39, 0.29) is 23.4 Å². The first-order chi connectivity index (χ1) is 9.66. The summed E-state index contributed by atoms with van der Waals surface area (Å²) in [6.07, 6.45) is 0. The summed E-state index contributed by atoms with van der Waals surface area (Å²) < 4.78 is 0. The van der Waals surface area contributed by atoms with E-state index < -0.39 is 0 Å². The number of fused-ring (bicyclic) bond motifs is 1. The fraction of sp³-hybridized carbons (Fsp3) is 0.0667. The third-order valence-corrected chi connectivity index (χ3v) is 4.07. The van der Waals surface area contributed by atoms with Crippen molar-refractivity contribution in [2.75, 3.05) is 5.88 Å². The highest BCUT2D eigenvalue weighted by Gasteiger charge is 2.34. The number of benzene rings is 2. The van der Waals surface area contributed by atoms with Crippen LogP contribution in [-0.2, 0) is 0 Å². The van der Waals surface area contributed by atoms with Crippen molar-refractivity contribution in [3.63, 3.8) is 0 Å². The third-order valence-electron chi connectivity index (χ3n) is 3.08. The maximum Gasteiger partial charge on any atom is 0.262 e. The predicted molar refractivity (Wildman–Crippen MR) is 75.8 cm³/mol. The van der Waals surface area contributed by atoms with E-state index >= 15 is 0 Å². The zero-order valence-corrected chi connectivity index (χ0v) is 11.3. The molecule has 0 fully saturated rings. The van der Waals surface area contributed by atoms with Crippen molar-refractivity contribution in [2.24, 2.45) is 0 Å². The van der Waals surface area contributed by atoms with Crippen molar-refractivity contribution in [3.05, 3.63) is 59.7 Å². The molecule has 0 aromatic heterocycles. The Morgan fingerprint density at radius 2 is 1.45 bits per heavy atom. The SMILES string of the molecule is O=C1c2ccccc2C(=O)N1CSc1ccc(O)cc1. The molecule has 1 aliphatic rings. The highest BCUT2D eigenvalue weighted by atomic mass is 32.2. The first kappa shape index (κ1) is 12.7. The number of rotatable bonds is 3. The number of thioether (sulfide) groups is 1. The van der Waals surface area contributed by atoms with Crippen LogP contribution < -0.4 is 0 Å². The Labute approximate surface area is 120 Å². The van der Waals surface area contributed by atoms with E-state index in [9.17, 15) is 14.7 Å². The topological polar surface area (TPSA) is 57.6 Å². The van der Waals surface area contributed by atoms with E-state index in [2.05, 4.69) is 0 Å². The molecular weight excluding hydrogens is 274 g/mol. The molecule has 3 rings (SSSR count). The number of phenolic OH excluding ortho intramolecular Hbond substituents is 1. The number of amides is 2. The standard InChI is InChI=1S/C15H11NO3S/c17-10-5-7-11(8-6-10)20-9-16-14(18)12-3-1-2-4-13(12)15(16)19/h1-8,17H,9H2. The number of carbonyl (C=O) groups is 2. The summed E-state index contributed by atoms with van der Waals surface area (Å²) in [6, 6.07) is 13.5. The van der Waals surface area contributed by atoms with Gasteiger partial charge >= 0.3 is 0 Å². The van der Waals surface area contributed by atoms with Gasteiger partial charge in [-0.1, -0.05) is 12.1 Å². The summed E-state index contributed by atoms with van der Waals surface area (Å²) >= 11 is 1.38. The Kier molecular flexibility index (Phi) is 3.20. The second-order valence-corrected chi connectivity index (χ2v) is 5.37. The molecule has 0 saturated heterocycles. The lowest BCUT2D eigenvalue weighted by Gasteiger charge is -2.13. The zero-order chi connectivity index (χ0) is 14.1. The van der Waals surface area contributed by atoms with Crippen molar-refractivity contribution < 1.29 is 14.7 Å². The van der Waals surface area contributed by atoms with Crippen LogP contribution in [0.15, 0.2) is 53.4 Å². The summed E-state index contributed by atoms with van der Waals surface area (Å²) in [4.78, 5) is 26.4. The number of hydrogen-bond acceptors (Lipinski definition) is 4. The van der Waals surface area contributed by atoms with E-state index in [1.54, 1.807) is 48.5 Å². The lowest BCUT2D eigenvalue weighted by molar-refractivity contribution is 0.0684. The van der Waals surface area contributed by atoms with Gasteiger partial charge in [0.15, 0.2) is 0 Å². The van der Waals surface area contributed by atoms with Crippen LogP contribution >= 0.6 is 11.8 Å². The molecule has 0 aliphatic carbocycles. The van der Waals surface area contributed by atoms with E-state index in [4.69, 9.17) is 0 Å². The van der Waals surface area contributed by atoms with Gasteiger partial charge in [-0.15, -0.1) is 11.8 Å². The molecular formula is C15H11NO3S. The fourth-order valence-electron chi connectivity index (χ4n) is 2.04. The van der Waals surface area contributed by atoms with Crippen LogP contribution in [0.1, 0.15) is 20.7 Å². The molecule has 0 saturated carbocycles. The molecule has 0 bridgehead atoms. The second kappa shape index (κ2) is 5.02. The molecule has 100 valence electrons. The van der Waals surface area contributed by atoms with Crippen molar-refractivity contribution in [2.45, 2.75) is 4.90 Å². The van der Waals surface area contributed by atoms with Gasteiger partial charge in [-0.2, -0.15) is 0 Å². The Bertz CT molecular complexity index is 647. The van der Waals surface area contributed by atoms with Crippen molar-refractivity contribution >= 4 is 23.6 Å². The van der Waals surface area contributed by atoms with E-state index in [0.717, 1.165) is 4.90 Å². The average molecular weight is 285 g/mol. The molecule has 1 N–H and O–H groups in total. The van der Waals surface area contributed by atoms with Gasteiger partial charge < -0.3 is 5.11 Å². The van der Waals surface area contributed by atoms with Gasteiger partial charge in [0.2, 0.25) is 0 Å². The smallest absolute Gasteiger partial charge is 0.262 e. The molecule has 0 radical (unpaired) electrons. The summed E-state index contributed by atoms with van der Waals surface area (Å²) in [7, 11) is 0. The molecule has 5 heteroatoms. The number of imide groups is 1. The fourth-order valence-corrected chi connectivity index (χ4v) is 2.88. The second-order valence-electron chi connectivity index (χ2n) is 4.35. The lowest BCUT2D eigenvalue weighted by Crippen LogP contribution is -2.29. The minimum absolute atomic E-state index is 0.190. The van der Waals surface area contributed by atoms with Crippen LogP contribution in [-0.4, -0.2) is 27.7 Å². The molecule has 1 heterocycles. The number of hydrogen-bond donors (Lipinski definition) is 1. The van der Waals surface area contributed by atoms with Gasteiger partial charge in [0, 0.05) is 4.90 Å². The lowest BCUT2D eigenvalue weighted by atomic mass is 10.1. The van der Waals surface area contributed by atoms with Crippen molar-refractivity contribution in [1.82, 2.24) is 4.90 Å². The monoisotopic (exact) mass is 285 g/mol. The van der Waals surface area contributed by atoms with E-state index in [1.807, 2.05) is 0 Å². The minimum Gasteiger partial charge on any atom is -0.508 e. The maximum absolute atomic E-state index is 12.1. The molecule has 4 nitrogen and oxygen atoms in total. The van der Waals surface area contributed by atoms with Gasteiger partial charge in [-0.3, -0.25) is 14.5 Å². The van der Waals surface area contributed by atoms with Crippen LogP contribution in [0.25, 0.3) is 0 Å². The van der Waals surface area contributed by atoms with Gasteiger partial charge in [0.1, 0.15) is 5.75 Å². The molecule has 1 aliphatic heterocycles. The van der Waals surface area contributed by atoms with E-state index in [1.165, 1.54) is 16.7 Å². The van der Waals surface area contributed by atoms with Crippen LogP contribution in [0.2, 0.25) is 0 Å². The van der Waals surface area contributed by atoms with Crippen LogP contribution in [0.3, 0.4) is 0 Å². The molecule has 0 spiro atoms. The highest BCUT2D eigenvalue weighted by molar-refractivity contribution is 7.99.